The second-order valence-electron chi connectivity index (χ2n) is 5.10. The largest absolute Gasteiger partial charge is 0.496 e. The number of methoxy groups -OCH3 is 2. The topological polar surface area (TPSA) is 47.6 Å². The fraction of sp³-hybridized carbons (Fsp3) is 0.278. The molecule has 23 heavy (non-hydrogen) atoms. The van der Waals surface area contributed by atoms with Gasteiger partial charge in [-0.2, -0.15) is 0 Å². The lowest BCUT2D eigenvalue weighted by Gasteiger charge is -2.14. The first-order valence-corrected chi connectivity index (χ1v) is 7.31. The second-order valence-corrected chi connectivity index (χ2v) is 5.10. The molecule has 0 radical (unpaired) electrons. The van der Waals surface area contributed by atoms with Crippen molar-refractivity contribution in [3.05, 3.63) is 58.9 Å². The van der Waals surface area contributed by atoms with Gasteiger partial charge in [0.05, 0.1) is 14.2 Å². The fourth-order valence-corrected chi connectivity index (χ4v) is 2.45. The van der Waals surface area contributed by atoms with Crippen molar-refractivity contribution in [1.29, 1.82) is 0 Å². The van der Waals surface area contributed by atoms with Gasteiger partial charge in [0.1, 0.15) is 17.3 Å². The smallest absolute Gasteiger partial charge is 0.251 e. The third-order valence-electron chi connectivity index (χ3n) is 3.65. The summed E-state index contributed by atoms with van der Waals surface area (Å²) in [6, 6.07) is 9.27. The maximum absolute atomic E-state index is 12.9. The number of rotatable bonds is 6. The van der Waals surface area contributed by atoms with E-state index >= 15 is 0 Å². The summed E-state index contributed by atoms with van der Waals surface area (Å²) in [5, 5.41) is 2.82. The summed E-state index contributed by atoms with van der Waals surface area (Å²) in [7, 11) is 3.23. The number of hydrogen-bond donors (Lipinski definition) is 1. The van der Waals surface area contributed by atoms with Gasteiger partial charge in [0.15, 0.2) is 0 Å². The van der Waals surface area contributed by atoms with Crippen molar-refractivity contribution >= 4 is 5.91 Å². The van der Waals surface area contributed by atoms with Gasteiger partial charge >= 0.3 is 0 Å². The van der Waals surface area contributed by atoms with E-state index < -0.39 is 0 Å². The molecule has 2 aromatic rings. The molecule has 2 rings (SSSR count). The van der Waals surface area contributed by atoms with Crippen LogP contribution in [-0.4, -0.2) is 26.7 Å². The summed E-state index contributed by atoms with van der Waals surface area (Å²) in [6.07, 6.45) is 0.626. The molecule has 0 saturated heterocycles. The quantitative estimate of drug-likeness (QED) is 0.890. The highest BCUT2D eigenvalue weighted by molar-refractivity contribution is 5.94. The Labute approximate surface area is 135 Å². The van der Waals surface area contributed by atoms with Crippen LogP contribution in [-0.2, 0) is 6.42 Å². The molecule has 5 heteroatoms. The minimum atomic E-state index is -0.361. The standard InChI is InChI=1S/C18H20FNO3/c1-12-16(22-2)9-6-13(17(12)23-3)10-11-20-18(21)14-4-7-15(19)8-5-14/h4-9H,10-11H2,1-3H3,(H,20,21). The number of benzene rings is 2. The zero-order valence-corrected chi connectivity index (χ0v) is 13.5. The molecule has 0 aromatic heterocycles. The predicted molar refractivity (Wildman–Crippen MR) is 86.7 cm³/mol. The molecule has 0 saturated carbocycles. The van der Waals surface area contributed by atoms with Crippen LogP contribution < -0.4 is 14.8 Å². The van der Waals surface area contributed by atoms with Gasteiger partial charge in [-0.25, -0.2) is 4.39 Å². The van der Waals surface area contributed by atoms with E-state index in [4.69, 9.17) is 9.47 Å². The van der Waals surface area contributed by atoms with E-state index in [-0.39, 0.29) is 11.7 Å². The maximum Gasteiger partial charge on any atom is 0.251 e. The van der Waals surface area contributed by atoms with Crippen LogP contribution in [0.5, 0.6) is 11.5 Å². The Morgan fingerprint density at radius 2 is 1.78 bits per heavy atom. The third kappa shape index (κ3) is 4.00. The molecule has 1 N–H and O–H groups in total. The molecular weight excluding hydrogens is 297 g/mol. The zero-order chi connectivity index (χ0) is 16.8. The molecule has 0 heterocycles. The van der Waals surface area contributed by atoms with Crippen LogP contribution in [0.4, 0.5) is 4.39 Å². The Morgan fingerprint density at radius 1 is 1.09 bits per heavy atom. The molecule has 0 aliphatic heterocycles. The Balaban J connectivity index is 2.00. The first kappa shape index (κ1) is 16.8. The minimum Gasteiger partial charge on any atom is -0.496 e. The van der Waals surface area contributed by atoms with Gasteiger partial charge in [-0.15, -0.1) is 0 Å². The average molecular weight is 317 g/mol. The van der Waals surface area contributed by atoms with Crippen LogP contribution in [0.15, 0.2) is 36.4 Å². The second kappa shape index (κ2) is 7.63. The van der Waals surface area contributed by atoms with Crippen molar-refractivity contribution in [1.82, 2.24) is 5.32 Å². The van der Waals surface area contributed by atoms with Crippen molar-refractivity contribution in [2.24, 2.45) is 0 Å². The normalized spacial score (nSPS) is 10.3. The molecule has 2 aromatic carbocycles. The molecule has 0 aliphatic rings. The van der Waals surface area contributed by atoms with Crippen molar-refractivity contribution in [2.45, 2.75) is 13.3 Å². The van der Waals surface area contributed by atoms with Crippen molar-refractivity contribution in [3.8, 4) is 11.5 Å². The lowest BCUT2D eigenvalue weighted by Crippen LogP contribution is -2.25. The summed E-state index contributed by atoms with van der Waals surface area (Å²) in [4.78, 5) is 12.0. The molecule has 0 bridgehead atoms. The summed E-state index contributed by atoms with van der Waals surface area (Å²) < 4.78 is 23.6. The fourth-order valence-electron chi connectivity index (χ4n) is 2.45. The first-order chi connectivity index (χ1) is 11.1. The lowest BCUT2D eigenvalue weighted by atomic mass is 10.1. The molecule has 122 valence electrons. The highest BCUT2D eigenvalue weighted by atomic mass is 19.1. The van der Waals surface area contributed by atoms with Gasteiger partial charge in [0.25, 0.3) is 5.91 Å². The van der Waals surface area contributed by atoms with Gasteiger partial charge in [0.2, 0.25) is 0 Å². The van der Waals surface area contributed by atoms with Crippen molar-refractivity contribution < 1.29 is 18.7 Å². The van der Waals surface area contributed by atoms with Gasteiger partial charge in [0, 0.05) is 17.7 Å². The number of halogens is 1. The van der Waals surface area contributed by atoms with Crippen LogP contribution in [0.1, 0.15) is 21.5 Å². The van der Waals surface area contributed by atoms with E-state index in [2.05, 4.69) is 5.32 Å². The molecule has 0 spiro atoms. The Hall–Kier alpha value is -2.56. The highest BCUT2D eigenvalue weighted by Gasteiger charge is 2.11. The van der Waals surface area contributed by atoms with Gasteiger partial charge in [-0.3, -0.25) is 4.79 Å². The number of ether oxygens (including phenoxy) is 2. The van der Waals surface area contributed by atoms with E-state index in [1.54, 1.807) is 14.2 Å². The Morgan fingerprint density at radius 3 is 2.39 bits per heavy atom. The van der Waals surface area contributed by atoms with Crippen LogP contribution in [0.3, 0.4) is 0 Å². The Kier molecular flexibility index (Phi) is 5.57. The molecule has 4 nitrogen and oxygen atoms in total. The number of carbonyl (C=O) groups excluding carboxylic acids is 1. The summed E-state index contributed by atoms with van der Waals surface area (Å²) in [5.74, 6) is 0.940. The number of carbonyl (C=O) groups is 1. The van der Waals surface area contributed by atoms with Crippen LogP contribution in [0.2, 0.25) is 0 Å². The molecular formula is C18H20FNO3. The van der Waals surface area contributed by atoms with Gasteiger partial charge in [-0.05, 0) is 49.2 Å². The van der Waals surface area contributed by atoms with Gasteiger partial charge in [-0.1, -0.05) is 6.07 Å². The molecule has 0 fully saturated rings. The highest BCUT2D eigenvalue weighted by Crippen LogP contribution is 2.31. The van der Waals surface area contributed by atoms with Crippen LogP contribution in [0.25, 0.3) is 0 Å². The number of hydrogen-bond acceptors (Lipinski definition) is 3. The predicted octanol–water partition coefficient (Wildman–Crippen LogP) is 3.12. The van der Waals surface area contributed by atoms with E-state index in [9.17, 15) is 9.18 Å². The Bertz CT molecular complexity index is 683. The monoisotopic (exact) mass is 317 g/mol. The SMILES string of the molecule is COc1ccc(CCNC(=O)c2ccc(F)cc2)c(OC)c1C. The summed E-state index contributed by atoms with van der Waals surface area (Å²) in [6.45, 7) is 2.39. The number of amides is 1. The van der Waals surface area contributed by atoms with Crippen molar-refractivity contribution in [3.63, 3.8) is 0 Å². The molecule has 0 unspecified atom stereocenters. The van der Waals surface area contributed by atoms with E-state index in [1.807, 2.05) is 19.1 Å². The lowest BCUT2D eigenvalue weighted by molar-refractivity contribution is 0.0954. The van der Waals surface area contributed by atoms with Crippen LogP contribution in [0, 0.1) is 12.7 Å². The number of nitrogens with one attached hydrogen (secondary N) is 1. The van der Waals surface area contributed by atoms with Crippen molar-refractivity contribution in [2.75, 3.05) is 20.8 Å². The first-order valence-electron chi connectivity index (χ1n) is 7.31. The average Bonchev–Trinajstić information content (AvgIpc) is 2.55. The maximum atomic E-state index is 12.9. The zero-order valence-electron chi connectivity index (χ0n) is 13.5. The van der Waals surface area contributed by atoms with E-state index in [0.717, 1.165) is 22.6 Å². The minimum absolute atomic E-state index is 0.228. The molecule has 1 amide bonds. The third-order valence-corrected chi connectivity index (χ3v) is 3.65. The van der Waals surface area contributed by atoms with E-state index in [1.165, 1.54) is 24.3 Å². The summed E-state index contributed by atoms with van der Waals surface area (Å²) in [5.41, 5.74) is 2.35. The van der Waals surface area contributed by atoms with Gasteiger partial charge < -0.3 is 14.8 Å². The molecule has 0 aliphatic carbocycles. The molecule has 0 atom stereocenters. The summed E-state index contributed by atoms with van der Waals surface area (Å²) >= 11 is 0. The van der Waals surface area contributed by atoms with Crippen LogP contribution >= 0.6 is 0 Å². The van der Waals surface area contributed by atoms with E-state index in [0.29, 0.717) is 18.5 Å².